The highest BCUT2D eigenvalue weighted by molar-refractivity contribution is 5.91. The summed E-state index contributed by atoms with van der Waals surface area (Å²) < 4.78 is 11.1. The highest BCUT2D eigenvalue weighted by Gasteiger charge is 2.29. The summed E-state index contributed by atoms with van der Waals surface area (Å²) in [6, 6.07) is 15.6. The van der Waals surface area contributed by atoms with Gasteiger partial charge in [-0.15, -0.1) is 0 Å². The van der Waals surface area contributed by atoms with Crippen molar-refractivity contribution in [1.29, 1.82) is 0 Å². The summed E-state index contributed by atoms with van der Waals surface area (Å²) in [5.74, 6) is 0.376. The lowest BCUT2D eigenvalue weighted by Gasteiger charge is -2.32. The summed E-state index contributed by atoms with van der Waals surface area (Å²) in [6.07, 6.45) is 2.42. The topological polar surface area (TPSA) is 109 Å². The molecule has 0 saturated heterocycles. The number of anilines is 1. The van der Waals surface area contributed by atoms with Crippen molar-refractivity contribution in [3.05, 3.63) is 72.3 Å². The second kappa shape index (κ2) is 11.3. The van der Waals surface area contributed by atoms with Crippen molar-refractivity contribution >= 4 is 17.6 Å². The normalized spacial score (nSPS) is 20.8. The number of carbonyl (C=O) groups excluding carboxylic acids is 2. The lowest BCUT2D eigenvalue weighted by atomic mass is 10.0. The molecular formula is C24H29N3O5. The SMILES string of the molecule is COc1ccccc1NC(=O)N[C@H]1C=C[C@H](CC(=O)N[C@@H](C)c2ccccc2)O[C@H]1CO. The number of benzene rings is 2. The molecule has 0 spiro atoms. The molecule has 8 nitrogen and oxygen atoms in total. The van der Waals surface area contributed by atoms with Crippen LogP contribution >= 0.6 is 0 Å². The van der Waals surface area contributed by atoms with Gasteiger partial charge in [-0.2, -0.15) is 0 Å². The average Bonchev–Trinajstić information content (AvgIpc) is 2.80. The first kappa shape index (κ1) is 23.3. The minimum absolute atomic E-state index is 0.115. The average molecular weight is 440 g/mol. The van der Waals surface area contributed by atoms with E-state index >= 15 is 0 Å². The van der Waals surface area contributed by atoms with Crippen molar-refractivity contribution < 1.29 is 24.2 Å². The summed E-state index contributed by atoms with van der Waals surface area (Å²) in [6.45, 7) is 1.62. The number of para-hydroxylation sites is 2. The monoisotopic (exact) mass is 439 g/mol. The van der Waals surface area contributed by atoms with Crippen LogP contribution in [0, 0.1) is 0 Å². The van der Waals surface area contributed by atoms with Crippen LogP contribution in [-0.2, 0) is 9.53 Å². The molecule has 170 valence electrons. The Hall–Kier alpha value is -3.36. The van der Waals surface area contributed by atoms with Gasteiger partial charge in [0.1, 0.15) is 11.9 Å². The van der Waals surface area contributed by atoms with Crippen molar-refractivity contribution in [3.63, 3.8) is 0 Å². The van der Waals surface area contributed by atoms with E-state index in [0.717, 1.165) is 5.56 Å². The van der Waals surface area contributed by atoms with Crippen LogP contribution in [0.5, 0.6) is 5.75 Å². The van der Waals surface area contributed by atoms with E-state index in [0.29, 0.717) is 11.4 Å². The number of hydrogen-bond acceptors (Lipinski definition) is 5. The number of nitrogens with one attached hydrogen (secondary N) is 3. The second-order valence-corrected chi connectivity index (χ2v) is 7.51. The molecule has 0 bridgehead atoms. The number of amides is 3. The molecule has 4 atom stereocenters. The fourth-order valence-corrected chi connectivity index (χ4v) is 3.50. The number of ether oxygens (including phenoxy) is 2. The van der Waals surface area contributed by atoms with Gasteiger partial charge >= 0.3 is 6.03 Å². The zero-order chi connectivity index (χ0) is 22.9. The van der Waals surface area contributed by atoms with Gasteiger partial charge in [0.2, 0.25) is 5.91 Å². The van der Waals surface area contributed by atoms with Crippen LogP contribution in [0.15, 0.2) is 66.7 Å². The molecule has 3 rings (SSSR count). The van der Waals surface area contributed by atoms with Crippen molar-refractivity contribution in [2.24, 2.45) is 0 Å². The third-order valence-corrected chi connectivity index (χ3v) is 5.18. The Kier molecular flexibility index (Phi) is 8.24. The Morgan fingerprint density at radius 2 is 1.81 bits per heavy atom. The predicted octanol–water partition coefficient (Wildman–Crippen LogP) is 2.77. The molecule has 0 unspecified atom stereocenters. The number of rotatable bonds is 8. The van der Waals surface area contributed by atoms with Crippen LogP contribution < -0.4 is 20.7 Å². The Morgan fingerprint density at radius 3 is 2.53 bits per heavy atom. The first-order valence-corrected chi connectivity index (χ1v) is 10.5. The number of methoxy groups -OCH3 is 1. The van der Waals surface area contributed by atoms with Crippen molar-refractivity contribution in [2.75, 3.05) is 19.0 Å². The van der Waals surface area contributed by atoms with E-state index in [1.165, 1.54) is 7.11 Å². The fourth-order valence-electron chi connectivity index (χ4n) is 3.50. The van der Waals surface area contributed by atoms with Gasteiger partial charge in [-0.3, -0.25) is 4.79 Å². The van der Waals surface area contributed by atoms with Gasteiger partial charge in [0.15, 0.2) is 0 Å². The first-order chi connectivity index (χ1) is 15.5. The van der Waals surface area contributed by atoms with Crippen LogP contribution in [0.3, 0.4) is 0 Å². The summed E-state index contributed by atoms with van der Waals surface area (Å²) in [4.78, 5) is 24.8. The van der Waals surface area contributed by atoms with Crippen LogP contribution in [0.1, 0.15) is 24.9 Å². The van der Waals surface area contributed by atoms with Gasteiger partial charge in [-0.1, -0.05) is 54.6 Å². The minimum atomic E-state index is -0.673. The van der Waals surface area contributed by atoms with Gasteiger partial charge in [-0.05, 0) is 24.6 Å². The third kappa shape index (κ3) is 6.32. The predicted molar refractivity (Wildman–Crippen MR) is 121 cm³/mol. The Morgan fingerprint density at radius 1 is 1.09 bits per heavy atom. The highest BCUT2D eigenvalue weighted by Crippen LogP contribution is 2.23. The molecule has 2 aromatic rings. The molecule has 4 N–H and O–H groups in total. The quantitative estimate of drug-likeness (QED) is 0.473. The van der Waals surface area contributed by atoms with Crippen molar-refractivity contribution in [1.82, 2.24) is 10.6 Å². The molecule has 0 saturated carbocycles. The smallest absolute Gasteiger partial charge is 0.319 e. The van der Waals surface area contributed by atoms with E-state index in [4.69, 9.17) is 9.47 Å². The molecule has 0 aliphatic carbocycles. The maximum atomic E-state index is 12.4. The lowest BCUT2D eigenvalue weighted by molar-refractivity contribution is -0.125. The molecule has 0 radical (unpaired) electrons. The summed E-state index contributed by atoms with van der Waals surface area (Å²) in [5, 5.41) is 18.2. The number of urea groups is 1. The molecule has 32 heavy (non-hydrogen) atoms. The van der Waals surface area contributed by atoms with Gasteiger partial charge in [-0.25, -0.2) is 4.79 Å². The third-order valence-electron chi connectivity index (χ3n) is 5.18. The number of aliphatic hydroxyl groups excluding tert-OH is 1. The largest absolute Gasteiger partial charge is 0.495 e. The molecular weight excluding hydrogens is 410 g/mol. The van der Waals surface area contributed by atoms with E-state index in [-0.39, 0.29) is 25.0 Å². The lowest BCUT2D eigenvalue weighted by Crippen LogP contribution is -2.50. The van der Waals surface area contributed by atoms with E-state index in [2.05, 4.69) is 16.0 Å². The maximum Gasteiger partial charge on any atom is 0.319 e. The summed E-state index contributed by atoms with van der Waals surface area (Å²) in [7, 11) is 1.52. The standard InChI is InChI=1S/C24H29N3O5/c1-16(17-8-4-3-5-9-17)25-23(29)14-18-12-13-20(22(15-28)32-18)27-24(30)26-19-10-6-7-11-21(19)31-2/h3-13,16,18,20,22,28H,14-15H2,1-2H3,(H,25,29)(H2,26,27,30)/t16-,18+,20-,22-/m0/s1. The molecule has 0 fully saturated rings. The van der Waals surface area contributed by atoms with Crippen LogP contribution in [0.4, 0.5) is 10.5 Å². The molecule has 2 aromatic carbocycles. The minimum Gasteiger partial charge on any atom is -0.495 e. The first-order valence-electron chi connectivity index (χ1n) is 10.5. The van der Waals surface area contributed by atoms with Gasteiger partial charge in [0, 0.05) is 0 Å². The van der Waals surface area contributed by atoms with E-state index in [9.17, 15) is 14.7 Å². The summed E-state index contributed by atoms with van der Waals surface area (Å²) >= 11 is 0. The van der Waals surface area contributed by atoms with E-state index in [1.807, 2.05) is 37.3 Å². The zero-order valence-electron chi connectivity index (χ0n) is 18.2. The van der Waals surface area contributed by atoms with E-state index in [1.54, 1.807) is 36.4 Å². The number of aliphatic hydroxyl groups is 1. The zero-order valence-corrected chi connectivity index (χ0v) is 18.2. The molecule has 1 aliphatic rings. The molecule has 1 aliphatic heterocycles. The highest BCUT2D eigenvalue weighted by atomic mass is 16.5. The number of hydrogen-bond donors (Lipinski definition) is 4. The maximum absolute atomic E-state index is 12.4. The molecule has 0 aromatic heterocycles. The van der Waals surface area contributed by atoms with Gasteiger partial charge in [0.25, 0.3) is 0 Å². The second-order valence-electron chi connectivity index (χ2n) is 7.51. The van der Waals surface area contributed by atoms with E-state index < -0.39 is 24.3 Å². The Balaban J connectivity index is 1.53. The van der Waals surface area contributed by atoms with Gasteiger partial charge < -0.3 is 30.5 Å². The molecule has 1 heterocycles. The fraction of sp³-hybridized carbons (Fsp3) is 0.333. The van der Waals surface area contributed by atoms with Crippen LogP contribution in [0.2, 0.25) is 0 Å². The molecule has 3 amide bonds. The van der Waals surface area contributed by atoms with Crippen molar-refractivity contribution in [2.45, 2.75) is 37.6 Å². The van der Waals surface area contributed by atoms with Crippen molar-refractivity contribution in [3.8, 4) is 5.75 Å². The summed E-state index contributed by atoms with van der Waals surface area (Å²) in [5.41, 5.74) is 1.54. The Labute approximate surface area is 187 Å². The number of carbonyl (C=O) groups is 2. The van der Waals surface area contributed by atoms with Crippen LogP contribution in [0.25, 0.3) is 0 Å². The van der Waals surface area contributed by atoms with Crippen LogP contribution in [-0.4, -0.2) is 49.0 Å². The Bertz CT molecular complexity index is 934. The van der Waals surface area contributed by atoms with Gasteiger partial charge in [0.05, 0.1) is 44.0 Å². The molecule has 8 heteroatoms.